The number of benzene rings is 1. The molecule has 1 aromatic rings. The first-order chi connectivity index (χ1) is 11.5. The van der Waals surface area contributed by atoms with Gasteiger partial charge in [0.1, 0.15) is 0 Å². The third-order valence-corrected chi connectivity index (χ3v) is 4.83. The van der Waals surface area contributed by atoms with Crippen molar-refractivity contribution in [2.45, 2.75) is 63.1 Å². The molecule has 132 valence electrons. The van der Waals surface area contributed by atoms with Gasteiger partial charge in [0.2, 0.25) is 0 Å². The van der Waals surface area contributed by atoms with Crippen LogP contribution in [0.4, 0.5) is 0 Å². The van der Waals surface area contributed by atoms with Crippen LogP contribution >= 0.6 is 0 Å². The number of rotatable bonds is 8. The number of carbonyl (C=O) groups is 1. The molecule has 1 aromatic carbocycles. The summed E-state index contributed by atoms with van der Waals surface area (Å²) < 4.78 is 0. The zero-order valence-corrected chi connectivity index (χ0v) is 14.1. The van der Waals surface area contributed by atoms with Crippen LogP contribution in [0.25, 0.3) is 0 Å². The van der Waals surface area contributed by atoms with E-state index >= 15 is 0 Å². The van der Waals surface area contributed by atoms with E-state index in [1.807, 2.05) is 24.3 Å². The van der Waals surface area contributed by atoms with Crippen LogP contribution in [0.15, 0.2) is 42.5 Å². The van der Waals surface area contributed by atoms with E-state index in [9.17, 15) is 15.0 Å². The van der Waals surface area contributed by atoms with Crippen LogP contribution in [0.2, 0.25) is 0 Å². The normalized spacial score (nSPS) is 25.7. The summed E-state index contributed by atoms with van der Waals surface area (Å²) in [6, 6.07) is 10.3. The van der Waals surface area contributed by atoms with E-state index in [4.69, 9.17) is 5.11 Å². The highest BCUT2D eigenvalue weighted by molar-refractivity contribution is 5.77. The molecule has 3 N–H and O–H groups in total. The van der Waals surface area contributed by atoms with E-state index in [0.717, 1.165) is 25.7 Å². The molecule has 4 nitrogen and oxygen atoms in total. The fourth-order valence-corrected chi connectivity index (χ4v) is 3.36. The first kappa shape index (κ1) is 18.7. The second kappa shape index (κ2) is 9.00. The van der Waals surface area contributed by atoms with Gasteiger partial charge < -0.3 is 15.3 Å². The molecular weight excluding hydrogens is 304 g/mol. The maximum atomic E-state index is 11.1. The number of hydrogen-bond acceptors (Lipinski definition) is 3. The van der Waals surface area contributed by atoms with Crippen molar-refractivity contribution < 1.29 is 20.1 Å². The molecule has 1 aliphatic carbocycles. The predicted octanol–water partition coefficient (Wildman–Crippen LogP) is 3.32. The van der Waals surface area contributed by atoms with Gasteiger partial charge in [-0.15, -0.1) is 0 Å². The molecule has 0 aliphatic heterocycles. The number of aliphatic hydroxyl groups is 2. The molecule has 2 rings (SSSR count). The van der Waals surface area contributed by atoms with Crippen molar-refractivity contribution in [2.75, 3.05) is 0 Å². The van der Waals surface area contributed by atoms with Gasteiger partial charge in [-0.1, -0.05) is 48.9 Å². The number of allylic oxidation sites excluding steroid dienone is 1. The topological polar surface area (TPSA) is 77.8 Å². The van der Waals surface area contributed by atoms with Crippen molar-refractivity contribution in [3.05, 3.63) is 48.0 Å². The summed E-state index contributed by atoms with van der Waals surface area (Å²) >= 11 is 0. The molecular formula is C20H28O4. The number of aryl methyl sites for hydroxylation is 1. The summed E-state index contributed by atoms with van der Waals surface area (Å²) in [4.78, 5) is 11.1. The minimum absolute atomic E-state index is 0.0267. The van der Waals surface area contributed by atoms with Crippen LogP contribution in [-0.2, 0) is 11.2 Å². The summed E-state index contributed by atoms with van der Waals surface area (Å²) in [5.74, 6) is -1.11. The van der Waals surface area contributed by atoms with Gasteiger partial charge in [-0.25, -0.2) is 4.79 Å². The Kier molecular flexibility index (Phi) is 7.00. The zero-order valence-electron chi connectivity index (χ0n) is 14.1. The Balaban J connectivity index is 1.69. The van der Waals surface area contributed by atoms with Crippen LogP contribution in [0.3, 0.4) is 0 Å². The van der Waals surface area contributed by atoms with Gasteiger partial charge >= 0.3 is 5.97 Å². The molecule has 0 amide bonds. The Morgan fingerprint density at radius 3 is 2.75 bits per heavy atom. The number of aliphatic carboxylic acids is 1. The minimum atomic E-state index is -1.60. The molecule has 0 heterocycles. The number of carboxylic acid groups (broad SMARTS) is 1. The average molecular weight is 332 g/mol. The van der Waals surface area contributed by atoms with Gasteiger partial charge in [0, 0.05) is 0 Å². The first-order valence-corrected chi connectivity index (χ1v) is 8.86. The molecule has 0 spiro atoms. The van der Waals surface area contributed by atoms with Gasteiger partial charge in [0.25, 0.3) is 0 Å². The maximum Gasteiger partial charge on any atom is 0.335 e. The van der Waals surface area contributed by atoms with E-state index in [1.54, 1.807) is 6.08 Å². The van der Waals surface area contributed by atoms with E-state index in [-0.39, 0.29) is 12.3 Å². The van der Waals surface area contributed by atoms with E-state index in [0.29, 0.717) is 19.3 Å². The lowest BCUT2D eigenvalue weighted by Crippen LogP contribution is -2.42. The highest BCUT2D eigenvalue weighted by Crippen LogP contribution is 2.33. The maximum absolute atomic E-state index is 11.1. The van der Waals surface area contributed by atoms with Gasteiger partial charge in [-0.2, -0.15) is 0 Å². The molecule has 1 aliphatic rings. The largest absolute Gasteiger partial charge is 0.479 e. The second-order valence-corrected chi connectivity index (χ2v) is 6.88. The standard InChI is InChI=1S/C20H28O4/c21-18(11-5-4-9-16-7-2-1-3-8-16)13-12-17-10-6-14-20(24,15-17)19(22)23/h1-3,7-8,12-13,17-18,21,24H,4-6,9-11,14-15H2,(H,22,23)/b13-12+/t17-,18+,20+/m1/s1. The molecule has 4 heteroatoms. The highest BCUT2D eigenvalue weighted by atomic mass is 16.4. The van der Waals surface area contributed by atoms with Gasteiger partial charge in [-0.3, -0.25) is 0 Å². The summed E-state index contributed by atoms with van der Waals surface area (Å²) in [5, 5.41) is 29.2. The Labute approximate surface area is 143 Å². The molecule has 0 bridgehead atoms. The van der Waals surface area contributed by atoms with Crippen molar-refractivity contribution in [1.29, 1.82) is 0 Å². The third-order valence-electron chi connectivity index (χ3n) is 4.83. The lowest BCUT2D eigenvalue weighted by atomic mass is 9.78. The average Bonchev–Trinajstić information content (AvgIpc) is 2.58. The van der Waals surface area contributed by atoms with E-state index in [1.165, 1.54) is 5.56 Å². The minimum Gasteiger partial charge on any atom is -0.479 e. The van der Waals surface area contributed by atoms with Crippen LogP contribution < -0.4 is 0 Å². The fraction of sp³-hybridized carbons (Fsp3) is 0.550. The summed E-state index contributed by atoms with van der Waals surface area (Å²) in [7, 11) is 0. The lowest BCUT2D eigenvalue weighted by molar-refractivity contribution is -0.163. The number of aliphatic hydroxyl groups excluding tert-OH is 1. The Morgan fingerprint density at radius 1 is 1.29 bits per heavy atom. The van der Waals surface area contributed by atoms with Crippen molar-refractivity contribution >= 4 is 5.97 Å². The monoisotopic (exact) mass is 332 g/mol. The Bertz CT molecular complexity index is 540. The van der Waals surface area contributed by atoms with Crippen molar-refractivity contribution in [1.82, 2.24) is 0 Å². The van der Waals surface area contributed by atoms with Crippen LogP contribution in [0.5, 0.6) is 0 Å². The highest BCUT2D eigenvalue weighted by Gasteiger charge is 2.40. The van der Waals surface area contributed by atoms with Gasteiger partial charge in [0.15, 0.2) is 5.60 Å². The molecule has 0 unspecified atom stereocenters. The van der Waals surface area contributed by atoms with Gasteiger partial charge in [0.05, 0.1) is 6.10 Å². The predicted molar refractivity (Wildman–Crippen MR) is 93.7 cm³/mol. The first-order valence-electron chi connectivity index (χ1n) is 8.86. The van der Waals surface area contributed by atoms with Gasteiger partial charge in [-0.05, 0) is 56.4 Å². The number of hydrogen-bond donors (Lipinski definition) is 3. The number of carboxylic acids is 1. The Morgan fingerprint density at radius 2 is 2.04 bits per heavy atom. The summed E-state index contributed by atoms with van der Waals surface area (Å²) in [5.41, 5.74) is -0.286. The SMILES string of the molecule is O=C(O)[C@]1(O)CCC[C@H](/C=C/[C@@H](O)CCCCc2ccccc2)C1. The lowest BCUT2D eigenvalue weighted by Gasteiger charge is -2.32. The molecule has 1 saturated carbocycles. The van der Waals surface area contributed by atoms with E-state index < -0.39 is 17.7 Å². The van der Waals surface area contributed by atoms with Crippen molar-refractivity contribution in [2.24, 2.45) is 5.92 Å². The van der Waals surface area contributed by atoms with Crippen molar-refractivity contribution in [3.8, 4) is 0 Å². The molecule has 0 saturated heterocycles. The summed E-state index contributed by atoms with van der Waals surface area (Å²) in [6.45, 7) is 0. The number of unbranched alkanes of at least 4 members (excludes halogenated alkanes) is 1. The van der Waals surface area contributed by atoms with Crippen LogP contribution in [-0.4, -0.2) is 33.0 Å². The molecule has 0 radical (unpaired) electrons. The van der Waals surface area contributed by atoms with Crippen LogP contribution in [0, 0.1) is 5.92 Å². The van der Waals surface area contributed by atoms with E-state index in [2.05, 4.69) is 12.1 Å². The van der Waals surface area contributed by atoms with Crippen LogP contribution in [0.1, 0.15) is 50.5 Å². The molecule has 3 atom stereocenters. The quantitative estimate of drug-likeness (QED) is 0.504. The smallest absolute Gasteiger partial charge is 0.335 e. The third kappa shape index (κ3) is 5.77. The fourth-order valence-electron chi connectivity index (χ4n) is 3.36. The zero-order chi connectivity index (χ0) is 17.4. The molecule has 24 heavy (non-hydrogen) atoms. The van der Waals surface area contributed by atoms with Crippen molar-refractivity contribution in [3.63, 3.8) is 0 Å². The molecule has 0 aromatic heterocycles. The second-order valence-electron chi connectivity index (χ2n) is 6.88. The summed E-state index contributed by atoms with van der Waals surface area (Å²) in [6.07, 6.45) is 8.98. The molecule has 1 fully saturated rings. The Hall–Kier alpha value is -1.65.